The summed E-state index contributed by atoms with van der Waals surface area (Å²) in [6.45, 7) is 2.64. The van der Waals surface area contributed by atoms with E-state index < -0.39 is 0 Å². The first kappa shape index (κ1) is 15.9. The van der Waals surface area contributed by atoms with Gasteiger partial charge in [0, 0.05) is 18.3 Å². The number of hydrogen-bond acceptors (Lipinski definition) is 4. The fourth-order valence-corrected chi connectivity index (χ4v) is 2.42. The van der Waals surface area contributed by atoms with Crippen LogP contribution < -0.4 is 10.6 Å². The largest absolute Gasteiger partial charge is 0.370 e. The third-order valence-corrected chi connectivity index (χ3v) is 3.62. The van der Waals surface area contributed by atoms with Crippen molar-refractivity contribution in [2.75, 3.05) is 17.2 Å². The molecule has 1 heterocycles. The molecule has 0 aliphatic heterocycles. The summed E-state index contributed by atoms with van der Waals surface area (Å²) in [6.07, 6.45) is 2.10. The maximum atomic E-state index is 13.6. The van der Waals surface area contributed by atoms with Crippen LogP contribution in [-0.2, 0) is 6.42 Å². The highest BCUT2D eigenvalue weighted by atomic mass is 19.1. The Morgan fingerprint density at radius 1 is 0.958 bits per heavy atom. The molecule has 0 radical (unpaired) electrons. The van der Waals surface area contributed by atoms with Gasteiger partial charge in [-0.3, -0.25) is 0 Å². The number of aromatic nitrogens is 2. The summed E-state index contributed by atoms with van der Waals surface area (Å²) in [6, 6.07) is 16.7. The van der Waals surface area contributed by atoms with E-state index in [0.29, 0.717) is 30.2 Å². The van der Waals surface area contributed by atoms with E-state index in [-0.39, 0.29) is 5.82 Å². The summed E-state index contributed by atoms with van der Waals surface area (Å²) in [5, 5.41) is 6.45. The predicted octanol–water partition coefficient (Wildman–Crippen LogP) is 4.32. The lowest BCUT2D eigenvalue weighted by Crippen LogP contribution is -2.08. The van der Waals surface area contributed by atoms with Crippen molar-refractivity contribution in [3.05, 3.63) is 77.9 Å². The number of nitrogens with zero attached hydrogens (tertiary/aromatic N) is 2. The quantitative estimate of drug-likeness (QED) is 0.709. The van der Waals surface area contributed by atoms with Crippen LogP contribution in [0.3, 0.4) is 0 Å². The number of hydrogen-bond donors (Lipinski definition) is 2. The van der Waals surface area contributed by atoms with Gasteiger partial charge in [0.2, 0.25) is 0 Å². The molecule has 2 N–H and O–H groups in total. The molecule has 3 aromatic rings. The van der Waals surface area contributed by atoms with E-state index in [1.165, 1.54) is 18.0 Å². The molecule has 0 unspecified atom stereocenters. The van der Waals surface area contributed by atoms with Crippen molar-refractivity contribution in [1.29, 1.82) is 0 Å². The first-order valence-electron chi connectivity index (χ1n) is 7.84. The van der Waals surface area contributed by atoms with Gasteiger partial charge in [-0.05, 0) is 42.7 Å². The van der Waals surface area contributed by atoms with Gasteiger partial charge in [0.15, 0.2) is 0 Å². The Morgan fingerprint density at radius 3 is 2.62 bits per heavy atom. The topological polar surface area (TPSA) is 49.8 Å². The van der Waals surface area contributed by atoms with E-state index in [1.54, 1.807) is 12.1 Å². The van der Waals surface area contributed by atoms with Crippen LogP contribution in [0, 0.1) is 12.7 Å². The molecule has 24 heavy (non-hydrogen) atoms. The lowest BCUT2D eigenvalue weighted by atomic mass is 10.1. The highest BCUT2D eigenvalue weighted by molar-refractivity contribution is 5.59. The van der Waals surface area contributed by atoms with Crippen molar-refractivity contribution in [1.82, 2.24) is 9.97 Å². The van der Waals surface area contributed by atoms with Crippen molar-refractivity contribution in [3.63, 3.8) is 0 Å². The molecule has 3 rings (SSSR count). The fraction of sp³-hybridized carbons (Fsp3) is 0.158. The van der Waals surface area contributed by atoms with E-state index in [0.717, 1.165) is 5.69 Å². The Bertz CT molecular complexity index is 820. The Labute approximate surface area is 140 Å². The maximum Gasteiger partial charge on any atom is 0.135 e. The molecule has 0 bridgehead atoms. The Morgan fingerprint density at radius 2 is 1.79 bits per heavy atom. The molecule has 0 saturated heterocycles. The molecule has 0 aliphatic carbocycles. The van der Waals surface area contributed by atoms with Crippen LogP contribution >= 0.6 is 0 Å². The summed E-state index contributed by atoms with van der Waals surface area (Å²) in [7, 11) is 0. The highest BCUT2D eigenvalue weighted by Gasteiger charge is 2.02. The number of halogens is 1. The van der Waals surface area contributed by atoms with Crippen LogP contribution in [0.5, 0.6) is 0 Å². The van der Waals surface area contributed by atoms with Gasteiger partial charge >= 0.3 is 0 Å². The van der Waals surface area contributed by atoms with Crippen molar-refractivity contribution < 1.29 is 4.39 Å². The lowest BCUT2D eigenvalue weighted by Gasteiger charge is -2.09. The molecule has 0 fully saturated rings. The Balaban J connectivity index is 1.60. The molecule has 4 nitrogen and oxygen atoms in total. The molecule has 1 aromatic heterocycles. The monoisotopic (exact) mass is 322 g/mol. The first-order chi connectivity index (χ1) is 11.7. The fourth-order valence-electron chi connectivity index (χ4n) is 2.42. The molecule has 0 aliphatic rings. The molecule has 2 aromatic carbocycles. The molecule has 5 heteroatoms. The number of benzene rings is 2. The number of rotatable bonds is 6. The molecule has 122 valence electrons. The predicted molar refractivity (Wildman–Crippen MR) is 95.1 cm³/mol. The second-order valence-corrected chi connectivity index (χ2v) is 5.55. The SMILES string of the molecule is Cc1cccc(Nc2cc(NCCc3ccccc3F)ncn2)c1. The van der Waals surface area contributed by atoms with Gasteiger partial charge in [-0.25, -0.2) is 14.4 Å². The summed E-state index contributed by atoms with van der Waals surface area (Å²) < 4.78 is 13.6. The van der Waals surface area contributed by atoms with Gasteiger partial charge < -0.3 is 10.6 Å². The van der Waals surface area contributed by atoms with E-state index >= 15 is 0 Å². The van der Waals surface area contributed by atoms with E-state index in [1.807, 2.05) is 43.3 Å². The Hall–Kier alpha value is -2.95. The third-order valence-electron chi connectivity index (χ3n) is 3.62. The van der Waals surface area contributed by atoms with E-state index in [9.17, 15) is 4.39 Å². The van der Waals surface area contributed by atoms with Gasteiger partial charge in [-0.2, -0.15) is 0 Å². The summed E-state index contributed by atoms with van der Waals surface area (Å²) in [4.78, 5) is 8.42. The van der Waals surface area contributed by atoms with Crippen molar-refractivity contribution in [2.24, 2.45) is 0 Å². The van der Waals surface area contributed by atoms with Gasteiger partial charge in [-0.15, -0.1) is 0 Å². The van der Waals surface area contributed by atoms with Crippen LogP contribution in [0.4, 0.5) is 21.7 Å². The molecule has 0 amide bonds. The van der Waals surface area contributed by atoms with Crippen molar-refractivity contribution in [3.8, 4) is 0 Å². The van der Waals surface area contributed by atoms with Gasteiger partial charge in [-0.1, -0.05) is 30.3 Å². The maximum absolute atomic E-state index is 13.6. The zero-order valence-corrected chi connectivity index (χ0v) is 13.5. The van der Waals surface area contributed by atoms with E-state index in [2.05, 4.69) is 20.6 Å². The minimum atomic E-state index is -0.177. The average molecular weight is 322 g/mol. The lowest BCUT2D eigenvalue weighted by molar-refractivity contribution is 0.610. The number of aryl methyl sites for hydroxylation is 1. The van der Waals surface area contributed by atoms with Gasteiger partial charge in [0.25, 0.3) is 0 Å². The zero-order valence-electron chi connectivity index (χ0n) is 13.5. The molecular weight excluding hydrogens is 303 g/mol. The highest BCUT2D eigenvalue weighted by Crippen LogP contribution is 2.17. The molecule has 0 spiro atoms. The Kier molecular flexibility index (Phi) is 5.01. The van der Waals surface area contributed by atoms with Crippen LogP contribution in [0.25, 0.3) is 0 Å². The zero-order chi connectivity index (χ0) is 16.8. The van der Waals surface area contributed by atoms with Crippen LogP contribution in [0.15, 0.2) is 60.9 Å². The summed E-state index contributed by atoms with van der Waals surface area (Å²) in [5.41, 5.74) is 2.85. The van der Waals surface area contributed by atoms with Crippen LogP contribution in [0.2, 0.25) is 0 Å². The third kappa shape index (κ3) is 4.29. The second-order valence-electron chi connectivity index (χ2n) is 5.55. The minimum absolute atomic E-state index is 0.177. The van der Waals surface area contributed by atoms with Gasteiger partial charge in [0.1, 0.15) is 23.8 Å². The first-order valence-corrected chi connectivity index (χ1v) is 7.84. The van der Waals surface area contributed by atoms with Crippen LogP contribution in [-0.4, -0.2) is 16.5 Å². The smallest absolute Gasteiger partial charge is 0.135 e. The van der Waals surface area contributed by atoms with Crippen molar-refractivity contribution in [2.45, 2.75) is 13.3 Å². The normalized spacial score (nSPS) is 10.4. The molecular formula is C19H19FN4. The minimum Gasteiger partial charge on any atom is -0.370 e. The average Bonchev–Trinajstić information content (AvgIpc) is 2.57. The standard InChI is InChI=1S/C19H19FN4/c1-14-5-4-7-16(11-14)24-19-12-18(22-13-23-19)21-10-9-15-6-2-3-8-17(15)20/h2-8,11-13H,9-10H2,1H3,(H2,21,22,23,24). The number of nitrogens with one attached hydrogen (secondary N) is 2. The molecule has 0 saturated carbocycles. The van der Waals surface area contributed by atoms with Crippen LogP contribution in [0.1, 0.15) is 11.1 Å². The summed E-state index contributed by atoms with van der Waals surface area (Å²) >= 11 is 0. The van der Waals surface area contributed by atoms with E-state index in [4.69, 9.17) is 0 Å². The number of anilines is 3. The van der Waals surface area contributed by atoms with Crippen molar-refractivity contribution >= 4 is 17.3 Å². The molecule has 0 atom stereocenters. The second kappa shape index (κ2) is 7.55. The van der Waals surface area contributed by atoms with Gasteiger partial charge in [0.05, 0.1) is 0 Å². The summed E-state index contributed by atoms with van der Waals surface area (Å²) in [5.74, 6) is 1.24.